The Kier molecular flexibility index (Phi) is 6.35. The molecule has 7 heteroatoms. The molecule has 0 bridgehead atoms. The maximum atomic E-state index is 12.4. The molecule has 0 unspecified atom stereocenters. The van der Waals surface area contributed by atoms with Crippen LogP contribution in [0.2, 0.25) is 0 Å². The van der Waals surface area contributed by atoms with Gasteiger partial charge in [-0.3, -0.25) is 4.79 Å². The lowest BCUT2D eigenvalue weighted by Gasteiger charge is -2.34. The summed E-state index contributed by atoms with van der Waals surface area (Å²) in [6, 6.07) is 8.09. The number of halogens is 1. The van der Waals surface area contributed by atoms with Crippen molar-refractivity contribution in [1.82, 2.24) is 10.3 Å². The normalized spacial score (nSPS) is 16.7. The van der Waals surface area contributed by atoms with Gasteiger partial charge in [-0.05, 0) is 25.0 Å². The molecule has 1 fully saturated rings. The molecular formula is C16H22ClN3O2S. The number of amides is 1. The van der Waals surface area contributed by atoms with Crippen molar-refractivity contribution in [2.45, 2.75) is 19.3 Å². The van der Waals surface area contributed by atoms with Gasteiger partial charge in [0.25, 0.3) is 0 Å². The van der Waals surface area contributed by atoms with Crippen LogP contribution in [-0.2, 0) is 16.0 Å². The van der Waals surface area contributed by atoms with Gasteiger partial charge in [0.2, 0.25) is 5.91 Å². The van der Waals surface area contributed by atoms with Crippen molar-refractivity contribution in [1.29, 1.82) is 0 Å². The smallest absolute Gasteiger partial charge is 0.227 e. The van der Waals surface area contributed by atoms with Crippen LogP contribution >= 0.6 is 23.7 Å². The molecule has 0 saturated carbocycles. The maximum absolute atomic E-state index is 12.4. The molecule has 3 rings (SSSR count). The van der Waals surface area contributed by atoms with Crippen molar-refractivity contribution >= 4 is 39.9 Å². The Bertz CT molecular complexity index is 623. The fraction of sp³-hybridized carbons (Fsp3) is 0.500. The summed E-state index contributed by atoms with van der Waals surface area (Å²) in [6.07, 6.45) is 2.16. The first-order valence-electron chi connectivity index (χ1n) is 7.64. The Morgan fingerprint density at radius 2 is 2.09 bits per heavy atom. The number of benzene rings is 1. The largest absolute Gasteiger partial charge is 0.381 e. The standard InChI is InChI=1S/C16H21N3O2S.ClH/c17-11-16(6-9-21-10-7-16)15(20)18-8-5-14-19-12-3-1-2-4-13(12)22-14;/h1-4H,5-11,17H2,(H,18,20);1H. The van der Waals surface area contributed by atoms with Crippen molar-refractivity contribution in [2.24, 2.45) is 11.1 Å². The predicted octanol–water partition coefficient (Wildman–Crippen LogP) is 2.13. The van der Waals surface area contributed by atoms with Crippen molar-refractivity contribution < 1.29 is 9.53 Å². The summed E-state index contributed by atoms with van der Waals surface area (Å²) >= 11 is 1.68. The monoisotopic (exact) mass is 355 g/mol. The van der Waals surface area contributed by atoms with E-state index in [2.05, 4.69) is 16.4 Å². The number of carbonyl (C=O) groups excluding carboxylic acids is 1. The molecule has 0 radical (unpaired) electrons. The summed E-state index contributed by atoms with van der Waals surface area (Å²) in [4.78, 5) is 17.0. The van der Waals surface area contributed by atoms with Crippen LogP contribution in [0.15, 0.2) is 24.3 Å². The Balaban J connectivity index is 0.00000192. The second kappa shape index (κ2) is 8.06. The van der Waals surface area contributed by atoms with Gasteiger partial charge in [-0.1, -0.05) is 12.1 Å². The van der Waals surface area contributed by atoms with Gasteiger partial charge in [-0.15, -0.1) is 23.7 Å². The molecule has 5 nitrogen and oxygen atoms in total. The number of nitrogens with one attached hydrogen (secondary N) is 1. The molecule has 1 saturated heterocycles. The van der Waals surface area contributed by atoms with E-state index in [1.807, 2.05) is 18.2 Å². The van der Waals surface area contributed by atoms with Crippen LogP contribution in [0.1, 0.15) is 17.8 Å². The number of ether oxygens (including phenoxy) is 1. The minimum absolute atomic E-state index is 0. The Morgan fingerprint density at radius 3 is 2.78 bits per heavy atom. The zero-order chi connectivity index (χ0) is 15.4. The van der Waals surface area contributed by atoms with E-state index in [4.69, 9.17) is 10.5 Å². The number of aromatic nitrogens is 1. The molecule has 0 spiro atoms. The molecule has 1 aromatic carbocycles. The summed E-state index contributed by atoms with van der Waals surface area (Å²) < 4.78 is 6.53. The molecule has 126 valence electrons. The van der Waals surface area contributed by atoms with Crippen molar-refractivity contribution in [3.63, 3.8) is 0 Å². The van der Waals surface area contributed by atoms with E-state index < -0.39 is 5.41 Å². The number of carbonyl (C=O) groups is 1. The Hall–Kier alpha value is -1.21. The van der Waals surface area contributed by atoms with E-state index in [-0.39, 0.29) is 18.3 Å². The fourth-order valence-corrected chi connectivity index (χ4v) is 3.75. The summed E-state index contributed by atoms with van der Waals surface area (Å²) in [5.74, 6) is 0.0550. The van der Waals surface area contributed by atoms with Gasteiger partial charge in [0, 0.05) is 32.7 Å². The summed E-state index contributed by atoms with van der Waals surface area (Å²) in [7, 11) is 0. The third-order valence-corrected chi connectivity index (χ3v) is 5.38. The van der Waals surface area contributed by atoms with E-state index in [9.17, 15) is 4.79 Å². The minimum atomic E-state index is -0.453. The molecule has 0 atom stereocenters. The third kappa shape index (κ3) is 4.01. The fourth-order valence-electron chi connectivity index (χ4n) is 2.78. The predicted molar refractivity (Wildman–Crippen MR) is 95.1 cm³/mol. The van der Waals surface area contributed by atoms with E-state index in [0.29, 0.717) is 39.1 Å². The van der Waals surface area contributed by atoms with Crippen LogP contribution < -0.4 is 11.1 Å². The highest BCUT2D eigenvalue weighted by Crippen LogP contribution is 2.29. The van der Waals surface area contributed by atoms with Crippen LogP contribution in [0.4, 0.5) is 0 Å². The number of fused-ring (bicyclic) bond motifs is 1. The lowest BCUT2D eigenvalue weighted by Crippen LogP contribution is -2.49. The summed E-state index contributed by atoms with van der Waals surface area (Å²) in [5.41, 5.74) is 6.42. The SMILES string of the molecule is Cl.NCC1(C(=O)NCCc2nc3ccccc3s2)CCOCC1. The number of nitrogens with zero attached hydrogens (tertiary/aromatic N) is 1. The van der Waals surface area contributed by atoms with E-state index in [1.54, 1.807) is 11.3 Å². The van der Waals surface area contributed by atoms with Gasteiger partial charge in [-0.2, -0.15) is 0 Å². The van der Waals surface area contributed by atoms with Crippen LogP contribution in [0.5, 0.6) is 0 Å². The Morgan fingerprint density at radius 1 is 1.35 bits per heavy atom. The molecule has 23 heavy (non-hydrogen) atoms. The lowest BCUT2D eigenvalue weighted by molar-refractivity contribution is -0.135. The van der Waals surface area contributed by atoms with Gasteiger partial charge in [-0.25, -0.2) is 4.98 Å². The number of para-hydroxylation sites is 1. The number of hydrogen-bond acceptors (Lipinski definition) is 5. The molecule has 1 amide bonds. The van der Waals surface area contributed by atoms with E-state index in [0.717, 1.165) is 16.9 Å². The van der Waals surface area contributed by atoms with Crippen LogP contribution in [-0.4, -0.2) is 37.2 Å². The summed E-state index contributed by atoms with van der Waals surface area (Å²) in [6.45, 7) is 2.20. The number of nitrogens with two attached hydrogens (primary N) is 1. The topological polar surface area (TPSA) is 77.2 Å². The van der Waals surface area contributed by atoms with Gasteiger partial charge in [0.05, 0.1) is 20.6 Å². The average Bonchev–Trinajstić information content (AvgIpc) is 2.98. The van der Waals surface area contributed by atoms with Crippen LogP contribution in [0, 0.1) is 5.41 Å². The van der Waals surface area contributed by atoms with Gasteiger partial charge in [0.15, 0.2) is 0 Å². The van der Waals surface area contributed by atoms with Gasteiger partial charge in [0.1, 0.15) is 0 Å². The third-order valence-electron chi connectivity index (χ3n) is 4.28. The highest BCUT2D eigenvalue weighted by atomic mass is 35.5. The summed E-state index contributed by atoms with van der Waals surface area (Å²) in [5, 5.41) is 4.08. The first-order valence-corrected chi connectivity index (χ1v) is 8.46. The maximum Gasteiger partial charge on any atom is 0.227 e. The molecule has 0 aliphatic carbocycles. The molecule has 2 aromatic rings. The highest BCUT2D eigenvalue weighted by molar-refractivity contribution is 7.18. The molecular weight excluding hydrogens is 334 g/mol. The molecule has 1 aromatic heterocycles. The van der Waals surface area contributed by atoms with Crippen molar-refractivity contribution in [2.75, 3.05) is 26.3 Å². The van der Waals surface area contributed by atoms with Crippen LogP contribution in [0.25, 0.3) is 10.2 Å². The van der Waals surface area contributed by atoms with Crippen molar-refractivity contribution in [3.8, 4) is 0 Å². The molecule has 2 heterocycles. The van der Waals surface area contributed by atoms with Crippen molar-refractivity contribution in [3.05, 3.63) is 29.3 Å². The zero-order valence-electron chi connectivity index (χ0n) is 12.9. The lowest BCUT2D eigenvalue weighted by atomic mass is 9.79. The molecule has 3 N–H and O–H groups in total. The second-order valence-electron chi connectivity index (χ2n) is 5.68. The van der Waals surface area contributed by atoms with E-state index in [1.165, 1.54) is 4.70 Å². The van der Waals surface area contributed by atoms with Gasteiger partial charge < -0.3 is 15.8 Å². The minimum Gasteiger partial charge on any atom is -0.381 e. The van der Waals surface area contributed by atoms with Crippen LogP contribution in [0.3, 0.4) is 0 Å². The molecule has 1 aliphatic heterocycles. The first kappa shape index (κ1) is 18.1. The quantitative estimate of drug-likeness (QED) is 0.861. The second-order valence-corrected chi connectivity index (χ2v) is 6.79. The average molecular weight is 356 g/mol. The first-order chi connectivity index (χ1) is 10.7. The van der Waals surface area contributed by atoms with Gasteiger partial charge >= 0.3 is 0 Å². The van der Waals surface area contributed by atoms with E-state index >= 15 is 0 Å². The Labute approximate surface area is 146 Å². The highest BCUT2D eigenvalue weighted by Gasteiger charge is 2.38. The molecule has 1 aliphatic rings. The zero-order valence-corrected chi connectivity index (χ0v) is 14.5. The number of thiazole rings is 1. The number of hydrogen-bond donors (Lipinski definition) is 2. The number of rotatable bonds is 5.